The van der Waals surface area contributed by atoms with E-state index < -0.39 is 0 Å². The molecule has 0 unspecified atom stereocenters. The highest BCUT2D eigenvalue weighted by Gasteiger charge is 2.31. The third-order valence-corrected chi connectivity index (χ3v) is 6.12. The maximum atomic E-state index is 12.8. The van der Waals surface area contributed by atoms with Crippen LogP contribution in [0.3, 0.4) is 0 Å². The van der Waals surface area contributed by atoms with Gasteiger partial charge >= 0.3 is 0 Å². The molecule has 7 nitrogen and oxygen atoms in total. The van der Waals surface area contributed by atoms with Crippen molar-refractivity contribution in [3.63, 3.8) is 0 Å². The molecule has 2 aromatic carbocycles. The number of nitrogens with zero attached hydrogens (tertiary/aromatic N) is 1. The normalized spacial score (nSPS) is 14.6. The summed E-state index contributed by atoms with van der Waals surface area (Å²) >= 11 is 6.63. The second kappa shape index (κ2) is 11.0. The maximum absolute atomic E-state index is 12.8. The number of anilines is 1. The van der Waals surface area contributed by atoms with Gasteiger partial charge < -0.3 is 19.5 Å². The molecular weight excluding hydrogens is 448 g/mol. The van der Waals surface area contributed by atoms with Gasteiger partial charge in [-0.1, -0.05) is 42.2 Å². The summed E-state index contributed by atoms with van der Waals surface area (Å²) in [4.78, 5) is 27.2. The van der Waals surface area contributed by atoms with E-state index in [1.165, 1.54) is 16.7 Å². The van der Waals surface area contributed by atoms with Gasteiger partial charge in [-0.05, 0) is 42.3 Å². The van der Waals surface area contributed by atoms with Gasteiger partial charge in [0, 0.05) is 13.0 Å². The Morgan fingerprint density at radius 1 is 1.06 bits per heavy atom. The molecular formula is C23H24N2O5S2. The standard InChI is InChI=1S/C23H24N2O5S2/c1-28-17-8-5-4-7-16(17)24-21(26)9-6-12-25-22(27)20(32-23(25)31)14-15-10-11-18(29-2)19(13-15)30-3/h4-5,7-8,10-11,13-14H,6,9,12H2,1-3H3,(H,24,26). The van der Waals surface area contributed by atoms with Crippen LogP contribution in [-0.2, 0) is 9.59 Å². The lowest BCUT2D eigenvalue weighted by atomic mass is 10.2. The number of ether oxygens (including phenoxy) is 3. The number of nitrogens with one attached hydrogen (secondary N) is 1. The van der Waals surface area contributed by atoms with E-state index in [-0.39, 0.29) is 18.2 Å². The van der Waals surface area contributed by atoms with E-state index in [1.807, 2.05) is 18.2 Å². The van der Waals surface area contributed by atoms with Crippen molar-refractivity contribution < 1.29 is 23.8 Å². The third-order valence-electron chi connectivity index (χ3n) is 4.75. The van der Waals surface area contributed by atoms with Crippen molar-refractivity contribution in [2.24, 2.45) is 0 Å². The molecule has 0 radical (unpaired) electrons. The molecule has 0 atom stereocenters. The van der Waals surface area contributed by atoms with E-state index in [0.29, 0.717) is 45.1 Å². The van der Waals surface area contributed by atoms with Crippen molar-refractivity contribution in [1.82, 2.24) is 4.90 Å². The minimum atomic E-state index is -0.167. The highest BCUT2D eigenvalue weighted by atomic mass is 32.2. The Bertz CT molecular complexity index is 1050. The Morgan fingerprint density at radius 2 is 1.78 bits per heavy atom. The zero-order valence-corrected chi connectivity index (χ0v) is 19.7. The number of benzene rings is 2. The number of para-hydroxylation sites is 2. The molecule has 1 aliphatic heterocycles. The summed E-state index contributed by atoms with van der Waals surface area (Å²) in [7, 11) is 4.68. The van der Waals surface area contributed by atoms with Crippen molar-refractivity contribution >= 4 is 51.9 Å². The summed E-state index contributed by atoms with van der Waals surface area (Å²) in [6, 6.07) is 12.6. The first-order chi connectivity index (χ1) is 15.5. The Balaban J connectivity index is 1.58. The largest absolute Gasteiger partial charge is 0.495 e. The lowest BCUT2D eigenvalue weighted by Gasteiger charge is -2.14. The number of amides is 2. The number of methoxy groups -OCH3 is 3. The first-order valence-corrected chi connectivity index (χ1v) is 11.1. The minimum absolute atomic E-state index is 0.152. The molecule has 9 heteroatoms. The van der Waals surface area contributed by atoms with Crippen LogP contribution in [0.25, 0.3) is 6.08 Å². The molecule has 2 aromatic rings. The quantitative estimate of drug-likeness (QED) is 0.430. The Kier molecular flexibility index (Phi) is 8.13. The zero-order valence-electron chi connectivity index (χ0n) is 18.0. The van der Waals surface area contributed by atoms with Gasteiger partial charge in [-0.2, -0.15) is 0 Å². The predicted molar refractivity (Wildman–Crippen MR) is 130 cm³/mol. The summed E-state index contributed by atoms with van der Waals surface area (Å²) < 4.78 is 16.3. The Hall–Kier alpha value is -3.04. The molecule has 3 rings (SSSR count). The number of thiocarbonyl (C=S) groups is 1. The van der Waals surface area contributed by atoms with Crippen LogP contribution in [-0.4, -0.2) is 48.9 Å². The van der Waals surface area contributed by atoms with Gasteiger partial charge in [-0.3, -0.25) is 14.5 Å². The van der Waals surface area contributed by atoms with Crippen LogP contribution in [0.5, 0.6) is 17.2 Å². The second-order valence-electron chi connectivity index (χ2n) is 6.80. The average Bonchev–Trinajstić information content (AvgIpc) is 3.06. The van der Waals surface area contributed by atoms with Crippen LogP contribution in [0.1, 0.15) is 18.4 Å². The first kappa shape index (κ1) is 23.6. The highest BCUT2D eigenvalue weighted by molar-refractivity contribution is 8.26. The van der Waals surface area contributed by atoms with E-state index in [4.69, 9.17) is 26.4 Å². The van der Waals surface area contributed by atoms with Gasteiger partial charge in [0.15, 0.2) is 11.5 Å². The smallest absolute Gasteiger partial charge is 0.266 e. The average molecular weight is 473 g/mol. The van der Waals surface area contributed by atoms with Crippen LogP contribution in [0.2, 0.25) is 0 Å². The topological polar surface area (TPSA) is 77.1 Å². The number of rotatable bonds is 9. The summed E-state index contributed by atoms with van der Waals surface area (Å²) in [5, 5.41) is 2.83. The molecule has 0 saturated carbocycles. The van der Waals surface area contributed by atoms with Crippen LogP contribution < -0.4 is 19.5 Å². The molecule has 0 bridgehead atoms. The Morgan fingerprint density at radius 3 is 2.50 bits per heavy atom. The summed E-state index contributed by atoms with van der Waals surface area (Å²) in [5.74, 6) is 1.47. The van der Waals surface area contributed by atoms with Crippen LogP contribution in [0, 0.1) is 0 Å². The summed E-state index contributed by atoms with van der Waals surface area (Å²) in [6.07, 6.45) is 2.51. The SMILES string of the molecule is COc1ccccc1NC(=O)CCCN1C(=O)C(=Cc2ccc(OC)c(OC)c2)SC1=S. The summed E-state index contributed by atoms with van der Waals surface area (Å²) in [5.41, 5.74) is 1.42. The van der Waals surface area contributed by atoms with Gasteiger partial charge in [-0.15, -0.1) is 0 Å². The fourth-order valence-corrected chi connectivity index (χ4v) is 4.45. The van der Waals surface area contributed by atoms with Crippen LogP contribution in [0.15, 0.2) is 47.4 Å². The number of carbonyl (C=O) groups is 2. The zero-order chi connectivity index (χ0) is 23.1. The number of hydrogen-bond donors (Lipinski definition) is 1. The second-order valence-corrected chi connectivity index (χ2v) is 8.48. The van der Waals surface area contributed by atoms with Gasteiger partial charge in [0.2, 0.25) is 5.91 Å². The highest BCUT2D eigenvalue weighted by Crippen LogP contribution is 2.34. The monoisotopic (exact) mass is 472 g/mol. The minimum Gasteiger partial charge on any atom is -0.495 e. The van der Waals surface area contributed by atoms with E-state index in [0.717, 1.165) is 5.56 Å². The Labute approximate surface area is 196 Å². The van der Waals surface area contributed by atoms with E-state index in [1.54, 1.807) is 51.7 Å². The molecule has 1 saturated heterocycles. The molecule has 0 aromatic heterocycles. The third kappa shape index (κ3) is 5.60. The van der Waals surface area contributed by atoms with Gasteiger partial charge in [-0.25, -0.2) is 0 Å². The lowest BCUT2D eigenvalue weighted by molar-refractivity contribution is -0.122. The molecule has 168 valence electrons. The van der Waals surface area contributed by atoms with Crippen molar-refractivity contribution in [2.45, 2.75) is 12.8 Å². The van der Waals surface area contributed by atoms with Crippen LogP contribution >= 0.6 is 24.0 Å². The number of carbonyl (C=O) groups excluding carboxylic acids is 2. The molecule has 2 amide bonds. The molecule has 0 spiro atoms. The van der Waals surface area contributed by atoms with Crippen LogP contribution in [0.4, 0.5) is 5.69 Å². The van der Waals surface area contributed by atoms with E-state index in [9.17, 15) is 9.59 Å². The van der Waals surface area contributed by atoms with E-state index >= 15 is 0 Å². The summed E-state index contributed by atoms with van der Waals surface area (Å²) in [6.45, 7) is 0.368. The number of hydrogen-bond acceptors (Lipinski definition) is 7. The predicted octanol–water partition coefficient (Wildman–Crippen LogP) is 4.33. The lowest BCUT2D eigenvalue weighted by Crippen LogP contribution is -2.29. The molecule has 32 heavy (non-hydrogen) atoms. The first-order valence-electron chi connectivity index (χ1n) is 9.87. The molecule has 1 heterocycles. The fourth-order valence-electron chi connectivity index (χ4n) is 3.15. The van der Waals surface area contributed by atoms with Gasteiger partial charge in [0.1, 0.15) is 10.1 Å². The fraction of sp³-hybridized carbons (Fsp3) is 0.261. The molecule has 1 N–H and O–H groups in total. The molecule has 1 fully saturated rings. The molecule has 1 aliphatic rings. The van der Waals surface area contributed by atoms with Crippen molar-refractivity contribution in [3.05, 3.63) is 52.9 Å². The van der Waals surface area contributed by atoms with Gasteiger partial charge in [0.05, 0.1) is 31.9 Å². The number of thioether (sulfide) groups is 1. The van der Waals surface area contributed by atoms with Crippen molar-refractivity contribution in [1.29, 1.82) is 0 Å². The maximum Gasteiger partial charge on any atom is 0.266 e. The van der Waals surface area contributed by atoms with Gasteiger partial charge in [0.25, 0.3) is 5.91 Å². The van der Waals surface area contributed by atoms with Crippen molar-refractivity contribution in [3.8, 4) is 17.2 Å². The van der Waals surface area contributed by atoms with Crippen molar-refractivity contribution in [2.75, 3.05) is 33.2 Å². The molecule has 0 aliphatic carbocycles. The van der Waals surface area contributed by atoms with E-state index in [2.05, 4.69) is 5.32 Å².